The minimum atomic E-state index is -0.138. The number of halogens is 2. The van der Waals surface area contributed by atoms with Crippen molar-refractivity contribution in [3.8, 4) is 17.1 Å². The van der Waals surface area contributed by atoms with Gasteiger partial charge in [0.2, 0.25) is 0 Å². The van der Waals surface area contributed by atoms with Crippen molar-refractivity contribution in [1.29, 1.82) is 0 Å². The summed E-state index contributed by atoms with van der Waals surface area (Å²) in [5.41, 5.74) is 3.82. The Morgan fingerprint density at radius 2 is 1.66 bits per heavy atom. The van der Waals surface area contributed by atoms with Gasteiger partial charge in [0.05, 0.1) is 22.3 Å². The number of furan rings is 1. The molecule has 4 nitrogen and oxygen atoms in total. The van der Waals surface area contributed by atoms with Crippen LogP contribution in [0.25, 0.3) is 23.1 Å². The molecule has 0 unspecified atom stereocenters. The monoisotopic (exact) mass is 501 g/mol. The Morgan fingerprint density at radius 3 is 2.37 bits per heavy atom. The summed E-state index contributed by atoms with van der Waals surface area (Å²) in [6.07, 6.45) is 3.64. The zero-order chi connectivity index (χ0) is 24.4. The number of hydrogen-bond acceptors (Lipinski definition) is 3. The molecule has 1 aliphatic rings. The fraction of sp³-hybridized carbons (Fsp3) is 0.0690. The van der Waals surface area contributed by atoms with Gasteiger partial charge in [0, 0.05) is 16.8 Å². The number of benzene rings is 3. The third-order valence-corrected chi connectivity index (χ3v) is 6.33. The lowest BCUT2D eigenvalue weighted by Crippen LogP contribution is -2.24. The minimum Gasteiger partial charge on any atom is -0.494 e. The zero-order valence-corrected chi connectivity index (χ0v) is 20.4. The highest BCUT2D eigenvalue weighted by molar-refractivity contribution is 6.42. The Kier molecular flexibility index (Phi) is 6.49. The molecule has 0 N–H and O–H groups in total. The first-order valence-corrected chi connectivity index (χ1v) is 11.9. The highest BCUT2D eigenvalue weighted by Crippen LogP contribution is 2.36. The van der Waals surface area contributed by atoms with E-state index in [-0.39, 0.29) is 5.91 Å². The Bertz CT molecular complexity index is 1440. The normalized spacial score (nSPS) is 14.5. The molecule has 174 valence electrons. The minimum absolute atomic E-state index is 0.138. The first-order chi connectivity index (χ1) is 17.0. The molecule has 0 atom stereocenters. The lowest BCUT2D eigenvalue weighted by molar-refractivity contribution is -0.113. The fourth-order valence-corrected chi connectivity index (χ4v) is 4.24. The summed E-state index contributed by atoms with van der Waals surface area (Å²) >= 11 is 12.2. The predicted molar refractivity (Wildman–Crippen MR) is 142 cm³/mol. The number of rotatable bonds is 6. The molecule has 1 aliphatic heterocycles. The van der Waals surface area contributed by atoms with Gasteiger partial charge < -0.3 is 9.15 Å². The van der Waals surface area contributed by atoms with Crippen LogP contribution in [0.4, 0.5) is 5.69 Å². The molecular weight excluding hydrogens is 481 g/mol. The Labute approximate surface area is 213 Å². The van der Waals surface area contributed by atoms with Crippen LogP contribution in [0, 0.1) is 0 Å². The summed E-state index contributed by atoms with van der Waals surface area (Å²) in [5, 5.41) is 0.932. The van der Waals surface area contributed by atoms with E-state index in [0.717, 1.165) is 28.3 Å². The van der Waals surface area contributed by atoms with Crippen LogP contribution in [-0.4, -0.2) is 12.5 Å². The van der Waals surface area contributed by atoms with E-state index in [1.54, 1.807) is 23.1 Å². The van der Waals surface area contributed by atoms with Crippen LogP contribution in [0.1, 0.15) is 18.2 Å². The maximum absolute atomic E-state index is 13.6. The van der Waals surface area contributed by atoms with Crippen LogP contribution in [0.5, 0.6) is 5.75 Å². The third kappa shape index (κ3) is 4.76. The Morgan fingerprint density at radius 1 is 0.886 bits per heavy atom. The number of amides is 1. The Hall–Kier alpha value is -3.73. The highest BCUT2D eigenvalue weighted by atomic mass is 35.5. The maximum Gasteiger partial charge on any atom is 0.263 e. The lowest BCUT2D eigenvalue weighted by atomic mass is 10.1. The van der Waals surface area contributed by atoms with Crippen molar-refractivity contribution in [2.24, 2.45) is 0 Å². The molecule has 1 aromatic heterocycles. The number of ether oxygens (including phenoxy) is 1. The number of nitrogens with zero attached hydrogens (tertiary/aromatic N) is 1. The van der Waals surface area contributed by atoms with Crippen molar-refractivity contribution < 1.29 is 13.9 Å². The molecular formula is C29H21Cl2NO3. The molecule has 2 heterocycles. The number of anilines is 1. The first-order valence-electron chi connectivity index (χ1n) is 11.1. The highest BCUT2D eigenvalue weighted by Gasteiger charge is 2.30. The Balaban J connectivity index is 1.51. The van der Waals surface area contributed by atoms with Crippen LogP contribution < -0.4 is 9.64 Å². The molecule has 0 fully saturated rings. The van der Waals surface area contributed by atoms with Gasteiger partial charge in [0.1, 0.15) is 17.3 Å². The van der Waals surface area contributed by atoms with Gasteiger partial charge in [-0.1, -0.05) is 53.5 Å². The molecule has 6 heteroatoms. The van der Waals surface area contributed by atoms with Gasteiger partial charge in [-0.3, -0.25) is 9.69 Å². The average Bonchev–Trinajstić information content (AvgIpc) is 3.47. The van der Waals surface area contributed by atoms with Crippen LogP contribution in [0.15, 0.2) is 101 Å². The van der Waals surface area contributed by atoms with Crippen molar-refractivity contribution in [2.45, 2.75) is 6.92 Å². The van der Waals surface area contributed by atoms with E-state index in [1.165, 1.54) is 0 Å². The lowest BCUT2D eigenvalue weighted by Gasteiger charge is -2.21. The molecule has 3 aromatic carbocycles. The number of hydrogen-bond donors (Lipinski definition) is 0. The SMILES string of the molecule is CCOc1ccc(N2C(=O)/C(=C\c3ccc(-c4ccc(Cl)c(Cl)c4)o3)C=C2c2ccccc2)cc1. The summed E-state index contributed by atoms with van der Waals surface area (Å²) in [6, 6.07) is 26.3. The van der Waals surface area contributed by atoms with Gasteiger partial charge >= 0.3 is 0 Å². The summed E-state index contributed by atoms with van der Waals surface area (Å²) in [6.45, 7) is 2.52. The van der Waals surface area contributed by atoms with Gasteiger partial charge in [-0.05, 0) is 79.2 Å². The quantitative estimate of drug-likeness (QED) is 0.250. The van der Waals surface area contributed by atoms with E-state index in [9.17, 15) is 4.79 Å². The molecule has 0 spiro atoms. The van der Waals surface area contributed by atoms with Crippen molar-refractivity contribution in [3.05, 3.63) is 118 Å². The second-order valence-corrected chi connectivity index (χ2v) is 8.71. The molecule has 5 rings (SSSR count). The molecule has 0 radical (unpaired) electrons. The molecule has 35 heavy (non-hydrogen) atoms. The molecule has 4 aromatic rings. The van der Waals surface area contributed by atoms with E-state index in [4.69, 9.17) is 32.4 Å². The van der Waals surface area contributed by atoms with Crippen molar-refractivity contribution in [2.75, 3.05) is 11.5 Å². The van der Waals surface area contributed by atoms with Crippen LogP contribution in [0.3, 0.4) is 0 Å². The number of carbonyl (C=O) groups excluding carboxylic acids is 1. The summed E-state index contributed by atoms with van der Waals surface area (Å²) in [7, 11) is 0. The zero-order valence-electron chi connectivity index (χ0n) is 18.9. The standard InChI is InChI=1S/C29H21Cl2NO3/c1-2-34-23-11-9-22(10-12-23)32-27(19-6-4-3-5-7-19)18-21(29(32)33)16-24-13-15-28(35-24)20-8-14-25(30)26(31)17-20/h3-18H,2H2,1H3/b21-16-. The van der Waals surface area contributed by atoms with E-state index in [2.05, 4.69) is 0 Å². The van der Waals surface area contributed by atoms with Crippen LogP contribution >= 0.6 is 23.2 Å². The molecule has 1 amide bonds. The van der Waals surface area contributed by atoms with Crippen molar-refractivity contribution >= 4 is 46.6 Å². The molecule has 0 saturated carbocycles. The topological polar surface area (TPSA) is 42.7 Å². The smallest absolute Gasteiger partial charge is 0.263 e. The molecule has 0 aliphatic carbocycles. The molecule has 0 saturated heterocycles. The second-order valence-electron chi connectivity index (χ2n) is 7.89. The van der Waals surface area contributed by atoms with Crippen LogP contribution in [-0.2, 0) is 4.79 Å². The van der Waals surface area contributed by atoms with E-state index in [0.29, 0.717) is 33.7 Å². The molecule has 0 bridgehead atoms. The van der Waals surface area contributed by atoms with Gasteiger partial charge in [0.25, 0.3) is 5.91 Å². The predicted octanol–water partition coefficient (Wildman–Crippen LogP) is 8.12. The third-order valence-electron chi connectivity index (χ3n) is 5.59. The largest absolute Gasteiger partial charge is 0.494 e. The first kappa shape index (κ1) is 23.0. The fourth-order valence-electron chi connectivity index (χ4n) is 3.94. The summed E-state index contributed by atoms with van der Waals surface area (Å²) < 4.78 is 11.6. The van der Waals surface area contributed by atoms with Gasteiger partial charge in [-0.15, -0.1) is 0 Å². The number of carbonyl (C=O) groups is 1. The van der Waals surface area contributed by atoms with Gasteiger partial charge in [-0.25, -0.2) is 0 Å². The van der Waals surface area contributed by atoms with E-state index < -0.39 is 0 Å². The van der Waals surface area contributed by atoms with Crippen LogP contribution in [0.2, 0.25) is 10.0 Å². The summed E-state index contributed by atoms with van der Waals surface area (Å²) in [4.78, 5) is 15.3. The van der Waals surface area contributed by atoms with Crippen molar-refractivity contribution in [1.82, 2.24) is 0 Å². The summed E-state index contributed by atoms with van der Waals surface area (Å²) in [5.74, 6) is 1.82. The van der Waals surface area contributed by atoms with Crippen molar-refractivity contribution in [3.63, 3.8) is 0 Å². The second kappa shape index (κ2) is 9.87. The average molecular weight is 502 g/mol. The van der Waals surface area contributed by atoms with E-state index >= 15 is 0 Å². The maximum atomic E-state index is 13.6. The van der Waals surface area contributed by atoms with Gasteiger partial charge in [-0.2, -0.15) is 0 Å². The van der Waals surface area contributed by atoms with Gasteiger partial charge in [0.15, 0.2) is 0 Å². The van der Waals surface area contributed by atoms with E-state index in [1.807, 2.05) is 85.8 Å².